The first-order valence-corrected chi connectivity index (χ1v) is 7.13. The Hall–Kier alpha value is -2.51. The van der Waals surface area contributed by atoms with E-state index in [0.717, 1.165) is 18.2 Å². The van der Waals surface area contributed by atoms with Gasteiger partial charge in [-0.3, -0.25) is 4.68 Å². The zero-order valence-electron chi connectivity index (χ0n) is 13.6. The number of hydrogen-bond donors (Lipinski definition) is 1. The SMILES string of the molecule is Cc1nn(C)c(C)c1-c1cc(C(F)(F)F)ccc1OC(C)C(=O)O. The molecule has 0 radical (unpaired) electrons. The highest BCUT2D eigenvalue weighted by atomic mass is 19.4. The van der Waals surface area contributed by atoms with E-state index >= 15 is 0 Å². The van der Waals surface area contributed by atoms with Crippen molar-refractivity contribution in [1.82, 2.24) is 9.78 Å². The minimum atomic E-state index is -4.52. The van der Waals surface area contributed by atoms with Crippen molar-refractivity contribution in [3.05, 3.63) is 35.2 Å². The molecule has 0 bridgehead atoms. The Bertz CT molecular complexity index is 782. The van der Waals surface area contributed by atoms with Gasteiger partial charge in [0, 0.05) is 23.9 Å². The van der Waals surface area contributed by atoms with Crippen molar-refractivity contribution in [3.8, 4) is 16.9 Å². The van der Waals surface area contributed by atoms with Gasteiger partial charge in [0.2, 0.25) is 0 Å². The number of benzene rings is 1. The van der Waals surface area contributed by atoms with Crippen LogP contribution in [-0.2, 0) is 18.0 Å². The molecule has 1 aromatic carbocycles. The van der Waals surface area contributed by atoms with Gasteiger partial charge in [0.05, 0.1) is 11.3 Å². The Kier molecular flexibility index (Phi) is 4.59. The van der Waals surface area contributed by atoms with E-state index in [9.17, 15) is 18.0 Å². The van der Waals surface area contributed by atoms with Crippen LogP contribution in [0.5, 0.6) is 5.75 Å². The summed E-state index contributed by atoms with van der Waals surface area (Å²) in [4.78, 5) is 11.0. The molecule has 1 unspecified atom stereocenters. The zero-order valence-corrected chi connectivity index (χ0v) is 13.6. The van der Waals surface area contributed by atoms with Gasteiger partial charge in [0.1, 0.15) is 5.75 Å². The minimum absolute atomic E-state index is 0.0668. The highest BCUT2D eigenvalue weighted by Crippen LogP contribution is 2.39. The molecule has 0 saturated carbocycles. The third kappa shape index (κ3) is 3.37. The van der Waals surface area contributed by atoms with E-state index in [1.165, 1.54) is 6.92 Å². The van der Waals surface area contributed by atoms with Gasteiger partial charge in [0.25, 0.3) is 0 Å². The minimum Gasteiger partial charge on any atom is -0.479 e. The third-order valence-electron chi connectivity index (χ3n) is 3.74. The van der Waals surface area contributed by atoms with Gasteiger partial charge in [0.15, 0.2) is 6.10 Å². The fraction of sp³-hybridized carbons (Fsp3) is 0.375. The molecule has 0 aliphatic rings. The third-order valence-corrected chi connectivity index (χ3v) is 3.74. The number of carbonyl (C=O) groups is 1. The lowest BCUT2D eigenvalue weighted by molar-refractivity contribution is -0.144. The molecule has 0 aliphatic carbocycles. The van der Waals surface area contributed by atoms with E-state index in [0.29, 0.717) is 17.0 Å². The average molecular weight is 342 g/mol. The van der Waals surface area contributed by atoms with Crippen molar-refractivity contribution in [2.75, 3.05) is 0 Å². The summed E-state index contributed by atoms with van der Waals surface area (Å²) in [6.45, 7) is 4.71. The van der Waals surface area contributed by atoms with Crippen LogP contribution in [0.1, 0.15) is 23.9 Å². The van der Waals surface area contributed by atoms with Crippen LogP contribution < -0.4 is 4.74 Å². The summed E-state index contributed by atoms with van der Waals surface area (Å²) in [6, 6.07) is 2.97. The van der Waals surface area contributed by atoms with Gasteiger partial charge in [-0.2, -0.15) is 18.3 Å². The standard InChI is InChI=1S/C16H17F3N2O3/c1-8-14(9(2)21(4)20-8)12-7-11(16(17,18)19)5-6-13(12)24-10(3)15(22)23/h5-7,10H,1-4H3,(H,22,23). The first-order valence-electron chi connectivity index (χ1n) is 7.13. The molecule has 1 heterocycles. The van der Waals surface area contributed by atoms with Crippen LogP contribution >= 0.6 is 0 Å². The van der Waals surface area contributed by atoms with E-state index in [1.807, 2.05) is 0 Å². The van der Waals surface area contributed by atoms with E-state index < -0.39 is 23.8 Å². The second-order valence-corrected chi connectivity index (χ2v) is 5.48. The Labute approximate surface area is 136 Å². The molecule has 2 aromatic rings. The summed E-state index contributed by atoms with van der Waals surface area (Å²) in [5, 5.41) is 13.2. The number of nitrogens with zero attached hydrogens (tertiary/aromatic N) is 2. The largest absolute Gasteiger partial charge is 0.479 e. The highest BCUT2D eigenvalue weighted by molar-refractivity contribution is 5.77. The van der Waals surface area contributed by atoms with Crippen LogP contribution in [0.15, 0.2) is 18.2 Å². The van der Waals surface area contributed by atoms with Gasteiger partial charge in [-0.1, -0.05) is 0 Å². The number of hydrogen-bond acceptors (Lipinski definition) is 3. The van der Waals surface area contributed by atoms with E-state index in [1.54, 1.807) is 25.6 Å². The lowest BCUT2D eigenvalue weighted by atomic mass is 10.00. The number of alkyl halides is 3. The maximum absolute atomic E-state index is 13.1. The fourth-order valence-electron chi connectivity index (χ4n) is 2.41. The number of rotatable bonds is 4. The summed E-state index contributed by atoms with van der Waals surface area (Å²) in [5.74, 6) is -1.14. The molecular weight excluding hydrogens is 325 g/mol. The molecule has 1 N–H and O–H groups in total. The van der Waals surface area contributed by atoms with Crippen LogP contribution in [0.4, 0.5) is 13.2 Å². The van der Waals surface area contributed by atoms with E-state index in [2.05, 4.69) is 5.10 Å². The molecule has 0 fully saturated rings. The molecule has 0 amide bonds. The fourth-order valence-corrected chi connectivity index (χ4v) is 2.41. The highest BCUT2D eigenvalue weighted by Gasteiger charge is 2.32. The molecule has 24 heavy (non-hydrogen) atoms. The molecule has 8 heteroatoms. The monoisotopic (exact) mass is 342 g/mol. The lowest BCUT2D eigenvalue weighted by Crippen LogP contribution is -2.23. The van der Waals surface area contributed by atoms with Crippen molar-refractivity contribution < 1.29 is 27.8 Å². The predicted molar refractivity (Wildman–Crippen MR) is 80.8 cm³/mol. The first-order chi connectivity index (χ1) is 11.0. The van der Waals surface area contributed by atoms with Gasteiger partial charge < -0.3 is 9.84 Å². The smallest absolute Gasteiger partial charge is 0.416 e. The number of aliphatic carboxylic acids is 1. The topological polar surface area (TPSA) is 64.4 Å². The van der Waals surface area contributed by atoms with Crippen molar-refractivity contribution in [1.29, 1.82) is 0 Å². The molecular formula is C16H17F3N2O3. The lowest BCUT2D eigenvalue weighted by Gasteiger charge is -2.17. The van der Waals surface area contributed by atoms with Crippen LogP contribution in [0.25, 0.3) is 11.1 Å². The normalized spacial score (nSPS) is 13.0. The Balaban J connectivity index is 2.66. The van der Waals surface area contributed by atoms with Crippen molar-refractivity contribution in [2.45, 2.75) is 33.1 Å². The maximum Gasteiger partial charge on any atom is 0.416 e. The van der Waals surface area contributed by atoms with Crippen LogP contribution in [-0.4, -0.2) is 27.0 Å². The van der Waals surface area contributed by atoms with Crippen molar-refractivity contribution in [2.24, 2.45) is 7.05 Å². The van der Waals surface area contributed by atoms with Crippen LogP contribution in [0, 0.1) is 13.8 Å². The Morgan fingerprint density at radius 2 is 1.96 bits per heavy atom. The molecule has 1 atom stereocenters. The molecule has 130 valence electrons. The number of carboxylic acids is 1. The van der Waals surface area contributed by atoms with Gasteiger partial charge in [-0.15, -0.1) is 0 Å². The van der Waals surface area contributed by atoms with Gasteiger partial charge >= 0.3 is 12.1 Å². The predicted octanol–water partition coefficient (Wildman–Crippen LogP) is 3.57. The number of aryl methyl sites for hydroxylation is 2. The summed E-state index contributed by atoms with van der Waals surface area (Å²) in [6.07, 6.45) is -5.71. The quantitative estimate of drug-likeness (QED) is 0.922. The Morgan fingerprint density at radius 1 is 1.33 bits per heavy atom. The van der Waals surface area contributed by atoms with Crippen LogP contribution in [0.3, 0.4) is 0 Å². The van der Waals surface area contributed by atoms with E-state index in [4.69, 9.17) is 9.84 Å². The zero-order chi connectivity index (χ0) is 18.2. The summed E-state index contributed by atoms with van der Waals surface area (Å²) < 4.78 is 46.1. The number of ether oxygens (including phenoxy) is 1. The molecule has 1 aromatic heterocycles. The Morgan fingerprint density at radius 3 is 2.42 bits per heavy atom. The first kappa shape index (κ1) is 17.8. The molecule has 2 rings (SSSR count). The van der Waals surface area contributed by atoms with Crippen molar-refractivity contribution >= 4 is 5.97 Å². The number of carboxylic acid groups (broad SMARTS) is 1. The number of aromatic nitrogens is 2. The summed E-state index contributed by atoms with van der Waals surface area (Å²) in [7, 11) is 1.68. The maximum atomic E-state index is 13.1. The van der Waals surface area contributed by atoms with Crippen molar-refractivity contribution in [3.63, 3.8) is 0 Å². The molecule has 0 saturated heterocycles. The summed E-state index contributed by atoms with van der Waals surface area (Å²) >= 11 is 0. The number of halogens is 3. The van der Waals surface area contributed by atoms with Gasteiger partial charge in [-0.05, 0) is 39.0 Å². The summed E-state index contributed by atoms with van der Waals surface area (Å²) in [5.41, 5.74) is 1.01. The molecule has 0 aliphatic heterocycles. The second kappa shape index (κ2) is 6.18. The second-order valence-electron chi connectivity index (χ2n) is 5.48. The van der Waals surface area contributed by atoms with E-state index in [-0.39, 0.29) is 11.3 Å². The van der Waals surface area contributed by atoms with Gasteiger partial charge in [-0.25, -0.2) is 4.79 Å². The molecule has 0 spiro atoms. The average Bonchev–Trinajstić information content (AvgIpc) is 2.71. The molecule has 5 nitrogen and oxygen atoms in total. The van der Waals surface area contributed by atoms with Crippen LogP contribution in [0.2, 0.25) is 0 Å².